The van der Waals surface area contributed by atoms with Crippen LogP contribution in [0.3, 0.4) is 0 Å². The third-order valence-electron chi connectivity index (χ3n) is 3.05. The monoisotopic (exact) mass is 371 g/mol. The van der Waals surface area contributed by atoms with Crippen LogP contribution in [0.1, 0.15) is 12.5 Å². The van der Waals surface area contributed by atoms with Crippen molar-refractivity contribution in [1.82, 2.24) is 0 Å². The molecule has 0 aliphatic carbocycles. The minimum absolute atomic E-state index is 0.103. The summed E-state index contributed by atoms with van der Waals surface area (Å²) in [4.78, 5) is 0. The third kappa shape index (κ3) is 4.35. The summed E-state index contributed by atoms with van der Waals surface area (Å²) in [6, 6.07) is 10.3. The van der Waals surface area contributed by atoms with Gasteiger partial charge in [0.05, 0.1) is 17.3 Å². The predicted molar refractivity (Wildman–Crippen MR) is 88.9 cm³/mol. The molecule has 112 valence electrons. The lowest BCUT2D eigenvalue weighted by atomic mass is 10.1. The van der Waals surface area contributed by atoms with Crippen molar-refractivity contribution in [1.29, 1.82) is 0 Å². The number of hydrogen-bond acceptors (Lipinski definition) is 2. The van der Waals surface area contributed by atoms with Crippen molar-refractivity contribution in [3.63, 3.8) is 0 Å². The molecule has 0 saturated heterocycles. The molecular formula is C16H16BrClFNO. The fraction of sp³-hybridized carbons (Fsp3) is 0.250. The molecule has 2 rings (SSSR count). The molecule has 2 aromatic carbocycles. The molecule has 0 amide bonds. The average Bonchev–Trinajstić information content (AvgIpc) is 2.37. The van der Waals surface area contributed by atoms with Crippen LogP contribution < -0.4 is 10.1 Å². The first-order valence-electron chi connectivity index (χ1n) is 6.53. The Kier molecular flexibility index (Phi) is 5.48. The van der Waals surface area contributed by atoms with E-state index in [4.69, 9.17) is 16.3 Å². The first-order chi connectivity index (χ1) is 9.99. The number of ether oxygens (including phenoxy) is 1. The van der Waals surface area contributed by atoms with Crippen LogP contribution in [0.2, 0.25) is 5.02 Å². The highest BCUT2D eigenvalue weighted by molar-refractivity contribution is 9.10. The van der Waals surface area contributed by atoms with Crippen LogP contribution in [0.4, 0.5) is 10.1 Å². The van der Waals surface area contributed by atoms with Crippen molar-refractivity contribution < 1.29 is 9.13 Å². The van der Waals surface area contributed by atoms with E-state index < -0.39 is 0 Å². The lowest BCUT2D eigenvalue weighted by molar-refractivity contribution is 0.413. The molecule has 0 saturated carbocycles. The zero-order valence-electron chi connectivity index (χ0n) is 11.8. The van der Waals surface area contributed by atoms with Crippen molar-refractivity contribution >= 4 is 33.2 Å². The van der Waals surface area contributed by atoms with Gasteiger partial charge in [-0.3, -0.25) is 0 Å². The van der Waals surface area contributed by atoms with E-state index in [2.05, 4.69) is 21.2 Å². The van der Waals surface area contributed by atoms with Gasteiger partial charge >= 0.3 is 0 Å². The molecule has 0 aromatic heterocycles. The number of halogens is 3. The molecule has 0 aliphatic heterocycles. The van der Waals surface area contributed by atoms with Gasteiger partial charge in [0.25, 0.3) is 0 Å². The number of hydrogen-bond donors (Lipinski definition) is 1. The zero-order valence-corrected chi connectivity index (χ0v) is 14.1. The maximum atomic E-state index is 13.2. The molecule has 21 heavy (non-hydrogen) atoms. The second-order valence-corrected chi connectivity index (χ2v) is 6.14. The summed E-state index contributed by atoms with van der Waals surface area (Å²) >= 11 is 9.49. The molecule has 0 fully saturated rings. The Bertz CT molecular complexity index is 636. The van der Waals surface area contributed by atoms with Crippen molar-refractivity contribution in [2.24, 2.45) is 0 Å². The fourth-order valence-electron chi connectivity index (χ4n) is 2.21. The molecule has 1 N–H and O–H groups in total. The first kappa shape index (κ1) is 16.1. The minimum atomic E-state index is -0.220. The summed E-state index contributed by atoms with van der Waals surface area (Å²) in [7, 11) is 1.61. The lowest BCUT2D eigenvalue weighted by Crippen LogP contribution is -2.18. The zero-order chi connectivity index (χ0) is 15.4. The average molecular weight is 373 g/mol. The largest absolute Gasteiger partial charge is 0.493 e. The number of nitrogens with one attached hydrogen (secondary N) is 1. The van der Waals surface area contributed by atoms with Crippen LogP contribution in [0, 0.1) is 5.82 Å². The van der Waals surface area contributed by atoms with Crippen molar-refractivity contribution in [3.8, 4) is 5.75 Å². The van der Waals surface area contributed by atoms with Crippen LogP contribution in [-0.4, -0.2) is 13.2 Å². The number of rotatable bonds is 5. The minimum Gasteiger partial charge on any atom is -0.493 e. The standard InChI is InChI=1S/C16H16BrClFNO/c1-10(6-11-4-3-5-13(19)7-11)20-15-9-12(18)8-14(17)16(15)21-2/h3-5,7-10,20H,6H2,1-2H3. The quantitative estimate of drug-likeness (QED) is 0.769. The molecule has 0 heterocycles. The third-order valence-corrected chi connectivity index (χ3v) is 3.85. The van der Waals surface area contributed by atoms with Crippen molar-refractivity contribution in [2.45, 2.75) is 19.4 Å². The van der Waals surface area contributed by atoms with Gasteiger partial charge < -0.3 is 10.1 Å². The van der Waals surface area contributed by atoms with Crippen LogP contribution >= 0.6 is 27.5 Å². The first-order valence-corrected chi connectivity index (χ1v) is 7.70. The SMILES string of the molecule is COc1c(Br)cc(Cl)cc1NC(C)Cc1cccc(F)c1. The van der Waals surface area contributed by atoms with Gasteiger partial charge in [-0.25, -0.2) is 4.39 Å². The maximum Gasteiger partial charge on any atom is 0.156 e. The highest BCUT2D eigenvalue weighted by Gasteiger charge is 2.12. The Labute approximate surface area is 137 Å². The highest BCUT2D eigenvalue weighted by Crippen LogP contribution is 2.36. The summed E-state index contributed by atoms with van der Waals surface area (Å²) in [5.74, 6) is 0.480. The van der Waals surface area contributed by atoms with Gasteiger partial charge in [0, 0.05) is 11.1 Å². The van der Waals surface area contributed by atoms with Crippen LogP contribution in [-0.2, 0) is 6.42 Å². The van der Waals surface area contributed by atoms with E-state index in [0.29, 0.717) is 17.2 Å². The van der Waals surface area contributed by atoms with Gasteiger partial charge in [-0.1, -0.05) is 23.7 Å². The molecule has 2 aromatic rings. The summed E-state index contributed by atoms with van der Waals surface area (Å²) < 4.78 is 19.4. The van der Waals surface area contributed by atoms with E-state index in [-0.39, 0.29) is 11.9 Å². The highest BCUT2D eigenvalue weighted by atomic mass is 79.9. The number of benzene rings is 2. The Morgan fingerprint density at radius 2 is 2.10 bits per heavy atom. The predicted octanol–water partition coefficient (Wildman–Crippen LogP) is 5.29. The molecule has 0 bridgehead atoms. The van der Waals surface area contributed by atoms with Crippen molar-refractivity contribution in [2.75, 3.05) is 12.4 Å². The van der Waals surface area contributed by atoms with Crippen LogP contribution in [0.5, 0.6) is 5.75 Å². The Balaban J connectivity index is 2.14. The molecule has 2 nitrogen and oxygen atoms in total. The maximum absolute atomic E-state index is 13.2. The Hall–Kier alpha value is -1.26. The fourth-order valence-corrected chi connectivity index (χ4v) is 3.18. The second-order valence-electron chi connectivity index (χ2n) is 4.85. The van der Waals surface area contributed by atoms with Gasteiger partial charge in [0.15, 0.2) is 5.75 Å². The topological polar surface area (TPSA) is 21.3 Å². The summed E-state index contributed by atoms with van der Waals surface area (Å²) in [6.45, 7) is 2.03. The van der Waals surface area contributed by atoms with E-state index in [9.17, 15) is 4.39 Å². The molecule has 1 unspecified atom stereocenters. The van der Waals surface area contributed by atoms with Gasteiger partial charge in [-0.05, 0) is 59.1 Å². The van der Waals surface area contributed by atoms with E-state index in [1.165, 1.54) is 6.07 Å². The van der Waals surface area contributed by atoms with Gasteiger partial charge in [0.1, 0.15) is 5.82 Å². The van der Waals surface area contributed by atoms with E-state index in [0.717, 1.165) is 15.7 Å². The Morgan fingerprint density at radius 1 is 1.33 bits per heavy atom. The second kappa shape index (κ2) is 7.14. The van der Waals surface area contributed by atoms with E-state index in [1.54, 1.807) is 25.3 Å². The molecule has 5 heteroatoms. The van der Waals surface area contributed by atoms with Crippen molar-refractivity contribution in [3.05, 3.63) is 57.3 Å². The molecule has 0 aliphatic rings. The van der Waals surface area contributed by atoms with Gasteiger partial charge in [0.2, 0.25) is 0 Å². The summed E-state index contributed by atoms with van der Waals surface area (Å²) in [5, 5.41) is 3.96. The van der Waals surface area contributed by atoms with Gasteiger partial charge in [-0.2, -0.15) is 0 Å². The van der Waals surface area contributed by atoms with Crippen LogP contribution in [0.25, 0.3) is 0 Å². The molecule has 0 spiro atoms. The lowest BCUT2D eigenvalue weighted by Gasteiger charge is -2.19. The van der Waals surface area contributed by atoms with E-state index >= 15 is 0 Å². The smallest absolute Gasteiger partial charge is 0.156 e. The summed E-state index contributed by atoms with van der Waals surface area (Å²) in [6.07, 6.45) is 0.699. The van der Waals surface area contributed by atoms with E-state index in [1.807, 2.05) is 19.1 Å². The summed E-state index contributed by atoms with van der Waals surface area (Å²) in [5.41, 5.74) is 1.75. The normalized spacial score (nSPS) is 12.0. The molecule has 0 radical (unpaired) electrons. The number of methoxy groups -OCH3 is 1. The Morgan fingerprint density at radius 3 is 2.76 bits per heavy atom. The number of anilines is 1. The molecule has 1 atom stereocenters. The van der Waals surface area contributed by atoms with Crippen LogP contribution in [0.15, 0.2) is 40.9 Å². The van der Waals surface area contributed by atoms with Gasteiger partial charge in [-0.15, -0.1) is 0 Å². The molecular weight excluding hydrogens is 357 g/mol.